The van der Waals surface area contributed by atoms with Crippen LogP contribution in [0.15, 0.2) is 24.3 Å². The lowest BCUT2D eigenvalue weighted by molar-refractivity contribution is 0.251. The Morgan fingerprint density at radius 2 is 2.06 bits per heavy atom. The zero-order valence-electron chi connectivity index (χ0n) is 11.8. The first-order valence-corrected chi connectivity index (χ1v) is 7.21. The van der Waals surface area contributed by atoms with Crippen LogP contribution in [-0.4, -0.2) is 38.6 Å². The summed E-state index contributed by atoms with van der Waals surface area (Å²) in [5, 5.41) is 3.20. The number of hydrogen-bond acceptors (Lipinski definition) is 2. The molecule has 0 bridgehead atoms. The quantitative estimate of drug-likeness (QED) is 0.804. The van der Waals surface area contributed by atoms with Crippen LogP contribution in [0.4, 0.5) is 0 Å². The molecule has 1 saturated heterocycles. The maximum Gasteiger partial charge on any atom is 0.00472 e. The van der Waals surface area contributed by atoms with Gasteiger partial charge in [-0.1, -0.05) is 24.3 Å². The molecule has 1 N–H and O–H groups in total. The summed E-state index contributed by atoms with van der Waals surface area (Å²) >= 11 is 0. The molecule has 1 aromatic carbocycles. The minimum Gasteiger partial charge on any atom is -0.320 e. The van der Waals surface area contributed by atoms with E-state index in [0.29, 0.717) is 0 Å². The van der Waals surface area contributed by atoms with Gasteiger partial charge >= 0.3 is 0 Å². The van der Waals surface area contributed by atoms with Gasteiger partial charge in [0.25, 0.3) is 0 Å². The van der Waals surface area contributed by atoms with Crippen LogP contribution in [0.25, 0.3) is 0 Å². The third kappa shape index (κ3) is 3.82. The number of hydrogen-bond donors (Lipinski definition) is 1. The van der Waals surface area contributed by atoms with Gasteiger partial charge in [-0.05, 0) is 69.9 Å². The second-order valence-electron chi connectivity index (χ2n) is 5.55. The first-order valence-electron chi connectivity index (χ1n) is 7.21. The molecule has 2 heteroatoms. The van der Waals surface area contributed by atoms with E-state index in [9.17, 15) is 0 Å². The van der Waals surface area contributed by atoms with Gasteiger partial charge in [0.1, 0.15) is 0 Å². The molecule has 1 aromatic rings. The van der Waals surface area contributed by atoms with Crippen LogP contribution < -0.4 is 5.32 Å². The summed E-state index contributed by atoms with van der Waals surface area (Å²) in [5.74, 6) is 0.745. The van der Waals surface area contributed by atoms with E-state index in [1.165, 1.54) is 49.9 Å². The normalized spacial score (nSPS) is 21.1. The van der Waals surface area contributed by atoms with Crippen molar-refractivity contribution in [3.63, 3.8) is 0 Å². The summed E-state index contributed by atoms with van der Waals surface area (Å²) in [6, 6.07) is 9.33. The van der Waals surface area contributed by atoms with Crippen molar-refractivity contribution in [1.29, 1.82) is 0 Å². The Labute approximate surface area is 111 Å². The summed E-state index contributed by atoms with van der Waals surface area (Å²) in [4.78, 5) is 2.45. The second-order valence-corrected chi connectivity index (χ2v) is 5.55. The van der Waals surface area contributed by atoms with E-state index in [-0.39, 0.29) is 0 Å². The molecule has 1 unspecified atom stereocenters. The van der Waals surface area contributed by atoms with Crippen LogP contribution in [0.2, 0.25) is 0 Å². The molecule has 2 rings (SSSR count). The third-order valence-electron chi connectivity index (χ3n) is 3.97. The Bertz CT molecular complexity index is 345. The number of rotatable bonds is 5. The van der Waals surface area contributed by atoms with Crippen molar-refractivity contribution >= 4 is 0 Å². The third-order valence-corrected chi connectivity index (χ3v) is 3.97. The second kappa shape index (κ2) is 6.91. The molecule has 0 amide bonds. The number of nitrogens with zero attached hydrogens (tertiary/aromatic N) is 1. The lowest BCUT2D eigenvalue weighted by atomic mass is 9.90. The van der Waals surface area contributed by atoms with Gasteiger partial charge in [0, 0.05) is 6.54 Å². The van der Waals surface area contributed by atoms with Gasteiger partial charge < -0.3 is 10.2 Å². The van der Waals surface area contributed by atoms with Crippen molar-refractivity contribution in [3.8, 4) is 0 Å². The molecule has 1 aliphatic heterocycles. The number of nitrogens with one attached hydrogen (secondary N) is 1. The summed E-state index contributed by atoms with van der Waals surface area (Å²) in [5.41, 5.74) is 3.00. The fourth-order valence-electron chi connectivity index (χ4n) is 2.86. The molecule has 0 radical (unpaired) electrons. The molecule has 1 heterocycles. The average Bonchev–Trinajstić information content (AvgIpc) is 2.40. The summed E-state index contributed by atoms with van der Waals surface area (Å²) < 4.78 is 0. The molecule has 1 atom stereocenters. The number of benzene rings is 1. The molecule has 1 fully saturated rings. The topological polar surface area (TPSA) is 15.3 Å². The van der Waals surface area contributed by atoms with E-state index >= 15 is 0 Å². The Morgan fingerprint density at radius 1 is 1.28 bits per heavy atom. The van der Waals surface area contributed by atoms with Crippen LogP contribution in [0, 0.1) is 0 Å². The molecule has 18 heavy (non-hydrogen) atoms. The van der Waals surface area contributed by atoms with E-state index in [0.717, 1.165) is 12.5 Å². The highest BCUT2D eigenvalue weighted by Gasteiger charge is 2.18. The molecule has 0 aromatic heterocycles. The molecule has 0 spiro atoms. The van der Waals surface area contributed by atoms with Crippen LogP contribution in [0.1, 0.15) is 36.3 Å². The maximum atomic E-state index is 3.20. The van der Waals surface area contributed by atoms with Gasteiger partial charge in [0.15, 0.2) is 0 Å². The predicted molar refractivity (Wildman–Crippen MR) is 78.2 cm³/mol. The Hall–Kier alpha value is -0.860. The van der Waals surface area contributed by atoms with Gasteiger partial charge in [-0.2, -0.15) is 0 Å². The largest absolute Gasteiger partial charge is 0.320 e. The van der Waals surface area contributed by atoms with Crippen LogP contribution in [0.5, 0.6) is 0 Å². The van der Waals surface area contributed by atoms with Crippen molar-refractivity contribution in [2.45, 2.75) is 31.6 Å². The minimum atomic E-state index is 0.745. The Kier molecular flexibility index (Phi) is 5.21. The fourth-order valence-corrected chi connectivity index (χ4v) is 2.86. The lowest BCUT2D eigenvalue weighted by Gasteiger charge is -2.30. The zero-order chi connectivity index (χ0) is 12.8. The molecule has 2 nitrogen and oxygen atoms in total. The van der Waals surface area contributed by atoms with Crippen LogP contribution in [-0.2, 0) is 6.42 Å². The van der Waals surface area contributed by atoms with E-state index in [2.05, 4.69) is 41.5 Å². The van der Waals surface area contributed by atoms with E-state index in [4.69, 9.17) is 0 Å². The van der Waals surface area contributed by atoms with Gasteiger partial charge in [-0.3, -0.25) is 0 Å². The number of piperidine rings is 1. The predicted octanol–water partition coefficient (Wildman–Crippen LogP) is 2.65. The zero-order valence-corrected chi connectivity index (χ0v) is 11.8. The summed E-state index contributed by atoms with van der Waals surface area (Å²) in [6.45, 7) is 3.59. The number of likely N-dealkylation sites (tertiary alicyclic amines) is 1. The smallest absolute Gasteiger partial charge is 0.00472 e. The van der Waals surface area contributed by atoms with Crippen LogP contribution in [0.3, 0.4) is 0 Å². The van der Waals surface area contributed by atoms with Crippen molar-refractivity contribution < 1.29 is 0 Å². The summed E-state index contributed by atoms with van der Waals surface area (Å²) in [6.07, 6.45) is 5.10. The van der Waals surface area contributed by atoms with Crippen molar-refractivity contribution in [2.24, 2.45) is 0 Å². The van der Waals surface area contributed by atoms with E-state index < -0.39 is 0 Å². The van der Waals surface area contributed by atoms with E-state index in [1.54, 1.807) is 0 Å². The monoisotopic (exact) mass is 246 g/mol. The average molecular weight is 246 g/mol. The highest BCUT2D eigenvalue weighted by molar-refractivity contribution is 5.26. The minimum absolute atomic E-state index is 0.745. The fraction of sp³-hybridized carbons (Fsp3) is 0.625. The van der Waals surface area contributed by atoms with Crippen molar-refractivity contribution in [2.75, 3.05) is 33.7 Å². The van der Waals surface area contributed by atoms with Crippen molar-refractivity contribution in [3.05, 3.63) is 35.4 Å². The van der Waals surface area contributed by atoms with Gasteiger partial charge in [-0.25, -0.2) is 0 Å². The molecule has 100 valence electrons. The number of aryl methyl sites for hydroxylation is 1. The first kappa shape index (κ1) is 13.6. The SMILES string of the molecule is CNCCCc1ccc(C2CCCN(C)C2)cc1. The first-order chi connectivity index (χ1) is 8.79. The Morgan fingerprint density at radius 3 is 2.72 bits per heavy atom. The lowest BCUT2D eigenvalue weighted by Crippen LogP contribution is -2.30. The molecular weight excluding hydrogens is 220 g/mol. The molecule has 0 saturated carbocycles. The van der Waals surface area contributed by atoms with Gasteiger partial charge in [0.2, 0.25) is 0 Å². The molecule has 1 aliphatic rings. The summed E-state index contributed by atoms with van der Waals surface area (Å²) in [7, 11) is 4.25. The Balaban J connectivity index is 1.90. The highest BCUT2D eigenvalue weighted by atomic mass is 15.1. The highest BCUT2D eigenvalue weighted by Crippen LogP contribution is 2.26. The maximum absolute atomic E-state index is 3.20. The standard InChI is InChI=1S/C16H26N2/c1-17-11-3-5-14-7-9-15(10-8-14)16-6-4-12-18(2)13-16/h7-10,16-17H,3-6,11-13H2,1-2H3. The van der Waals surface area contributed by atoms with Crippen molar-refractivity contribution in [1.82, 2.24) is 10.2 Å². The number of likely N-dealkylation sites (N-methyl/N-ethyl adjacent to an activating group) is 1. The molecular formula is C16H26N2. The van der Waals surface area contributed by atoms with Crippen LogP contribution >= 0.6 is 0 Å². The van der Waals surface area contributed by atoms with Gasteiger partial charge in [0.05, 0.1) is 0 Å². The van der Waals surface area contributed by atoms with E-state index in [1.807, 2.05) is 7.05 Å². The molecule has 0 aliphatic carbocycles. The van der Waals surface area contributed by atoms with Gasteiger partial charge in [-0.15, -0.1) is 0 Å².